The van der Waals surface area contributed by atoms with Gasteiger partial charge in [0.05, 0.1) is 11.6 Å². The van der Waals surface area contributed by atoms with Crippen molar-refractivity contribution < 1.29 is 4.42 Å². The number of halogens is 1. The maximum atomic E-state index is 5.83. The molecule has 0 amide bonds. The molecule has 0 aliphatic carbocycles. The van der Waals surface area contributed by atoms with E-state index in [2.05, 4.69) is 52.2 Å². The highest BCUT2D eigenvalue weighted by Crippen LogP contribution is 2.29. The Balaban J connectivity index is 2.23. The number of nitrogens with zero attached hydrogens (tertiary/aromatic N) is 2. The minimum Gasteiger partial charge on any atom is -0.419 e. The number of aryl methyl sites for hydroxylation is 1. The highest BCUT2D eigenvalue weighted by atomic mass is 79.9. The van der Waals surface area contributed by atoms with Crippen molar-refractivity contribution in [3.63, 3.8) is 0 Å². The van der Waals surface area contributed by atoms with E-state index in [1.165, 1.54) is 5.56 Å². The van der Waals surface area contributed by atoms with E-state index in [9.17, 15) is 0 Å². The molecule has 5 heteroatoms. The van der Waals surface area contributed by atoms with Crippen LogP contribution in [-0.4, -0.2) is 16.7 Å². The monoisotopic (exact) mass is 337 g/mol. The number of nitrogens with one attached hydrogen (secondary N) is 1. The normalized spacial score (nSPS) is 12.6. The molecule has 1 atom stereocenters. The van der Waals surface area contributed by atoms with Crippen molar-refractivity contribution in [3.8, 4) is 11.5 Å². The molecule has 20 heavy (non-hydrogen) atoms. The first-order valence-corrected chi connectivity index (χ1v) is 7.78. The van der Waals surface area contributed by atoms with Crippen molar-refractivity contribution in [2.24, 2.45) is 0 Å². The van der Waals surface area contributed by atoms with Gasteiger partial charge in [-0.3, -0.25) is 0 Å². The lowest BCUT2D eigenvalue weighted by Crippen LogP contribution is -2.21. The summed E-state index contributed by atoms with van der Waals surface area (Å²) in [4.78, 5) is 0. The van der Waals surface area contributed by atoms with E-state index in [1.807, 2.05) is 18.2 Å². The summed E-state index contributed by atoms with van der Waals surface area (Å²) in [6.45, 7) is 7.25. The second-order valence-electron chi connectivity index (χ2n) is 4.84. The van der Waals surface area contributed by atoms with E-state index < -0.39 is 0 Å². The van der Waals surface area contributed by atoms with E-state index >= 15 is 0 Å². The highest BCUT2D eigenvalue weighted by molar-refractivity contribution is 9.10. The fraction of sp³-hybridized carbons (Fsp3) is 0.467. The zero-order valence-electron chi connectivity index (χ0n) is 12.1. The van der Waals surface area contributed by atoms with Gasteiger partial charge in [-0.15, -0.1) is 10.2 Å². The second-order valence-corrected chi connectivity index (χ2v) is 5.70. The van der Waals surface area contributed by atoms with Crippen molar-refractivity contribution in [2.45, 2.75) is 39.7 Å². The molecule has 0 spiro atoms. The number of aromatic nitrogens is 2. The summed E-state index contributed by atoms with van der Waals surface area (Å²) in [5.41, 5.74) is 2.12. The summed E-state index contributed by atoms with van der Waals surface area (Å²) in [6.07, 6.45) is 2.01. The molecule has 2 rings (SSSR count). The van der Waals surface area contributed by atoms with Gasteiger partial charge in [0, 0.05) is 4.47 Å². The Hall–Kier alpha value is -1.20. The topological polar surface area (TPSA) is 51.0 Å². The van der Waals surface area contributed by atoms with Crippen LogP contribution in [0.5, 0.6) is 0 Å². The Bertz CT molecular complexity index is 568. The van der Waals surface area contributed by atoms with Crippen molar-refractivity contribution in [2.75, 3.05) is 6.54 Å². The molecule has 0 aliphatic heterocycles. The highest BCUT2D eigenvalue weighted by Gasteiger charge is 2.18. The Kier molecular flexibility index (Phi) is 5.31. The van der Waals surface area contributed by atoms with Gasteiger partial charge in [-0.05, 0) is 59.9 Å². The fourth-order valence-corrected chi connectivity index (χ4v) is 2.67. The maximum Gasteiger partial charge on any atom is 0.248 e. The van der Waals surface area contributed by atoms with E-state index in [0.717, 1.165) is 29.4 Å². The van der Waals surface area contributed by atoms with Crippen molar-refractivity contribution in [1.82, 2.24) is 15.5 Å². The predicted molar refractivity (Wildman–Crippen MR) is 83.5 cm³/mol. The van der Waals surface area contributed by atoms with E-state index in [1.54, 1.807) is 0 Å². The first kappa shape index (κ1) is 15.2. The van der Waals surface area contributed by atoms with Gasteiger partial charge < -0.3 is 9.73 Å². The van der Waals surface area contributed by atoms with Crippen LogP contribution >= 0.6 is 15.9 Å². The van der Waals surface area contributed by atoms with Gasteiger partial charge in [0.25, 0.3) is 0 Å². The SMILES string of the molecule is CCCNC(CC)c1nnc(-c2ccc(C)cc2Br)o1. The first-order valence-electron chi connectivity index (χ1n) is 6.99. The fourth-order valence-electron chi connectivity index (χ4n) is 2.00. The molecule has 4 nitrogen and oxygen atoms in total. The van der Waals surface area contributed by atoms with Gasteiger partial charge in [-0.2, -0.15) is 0 Å². The first-order chi connectivity index (χ1) is 9.65. The minimum atomic E-state index is 0.125. The van der Waals surface area contributed by atoms with E-state index in [-0.39, 0.29) is 6.04 Å². The molecule has 108 valence electrons. The van der Waals surface area contributed by atoms with E-state index in [0.29, 0.717) is 11.8 Å². The summed E-state index contributed by atoms with van der Waals surface area (Å²) in [6, 6.07) is 6.21. The second kappa shape index (κ2) is 6.99. The molecule has 0 saturated carbocycles. The van der Waals surface area contributed by atoms with Gasteiger partial charge in [0.1, 0.15) is 0 Å². The number of rotatable bonds is 6. The van der Waals surface area contributed by atoms with Crippen molar-refractivity contribution >= 4 is 15.9 Å². The molecule has 0 aliphatic rings. The van der Waals surface area contributed by atoms with Gasteiger partial charge in [0.2, 0.25) is 11.8 Å². The standard InChI is InChI=1S/C15H20BrN3O/c1-4-8-17-13(5-2)15-19-18-14(20-15)11-7-6-10(3)9-12(11)16/h6-7,9,13,17H,4-5,8H2,1-3H3. The molecular formula is C15H20BrN3O. The number of benzene rings is 1. The van der Waals surface area contributed by atoms with Crippen molar-refractivity contribution in [1.29, 1.82) is 0 Å². The molecule has 1 heterocycles. The molecule has 1 aromatic carbocycles. The lowest BCUT2D eigenvalue weighted by molar-refractivity contribution is 0.396. The van der Waals surface area contributed by atoms with Crippen LogP contribution in [-0.2, 0) is 0 Å². The van der Waals surface area contributed by atoms with Crippen LogP contribution in [0, 0.1) is 6.92 Å². The molecule has 0 saturated heterocycles. The average molecular weight is 338 g/mol. The average Bonchev–Trinajstić information content (AvgIpc) is 2.89. The van der Waals surface area contributed by atoms with E-state index in [4.69, 9.17) is 4.42 Å². The van der Waals surface area contributed by atoms with Crippen LogP contribution in [0.15, 0.2) is 27.1 Å². The lowest BCUT2D eigenvalue weighted by Gasteiger charge is -2.11. The lowest BCUT2D eigenvalue weighted by atomic mass is 10.1. The van der Waals surface area contributed by atoms with Gasteiger partial charge in [-0.25, -0.2) is 0 Å². The molecule has 1 N–H and O–H groups in total. The third-order valence-electron chi connectivity index (χ3n) is 3.14. The summed E-state index contributed by atoms with van der Waals surface area (Å²) in [7, 11) is 0. The predicted octanol–water partition coefficient (Wildman–Crippen LogP) is 4.26. The quantitative estimate of drug-likeness (QED) is 0.855. The third-order valence-corrected chi connectivity index (χ3v) is 3.80. The summed E-state index contributed by atoms with van der Waals surface area (Å²) < 4.78 is 6.80. The van der Waals surface area contributed by atoms with Gasteiger partial charge in [0.15, 0.2) is 0 Å². The summed E-state index contributed by atoms with van der Waals surface area (Å²) in [5.74, 6) is 1.21. The zero-order chi connectivity index (χ0) is 14.5. The Labute approximate surface area is 128 Å². The minimum absolute atomic E-state index is 0.125. The molecular weight excluding hydrogens is 318 g/mol. The van der Waals surface area contributed by atoms with Crippen molar-refractivity contribution in [3.05, 3.63) is 34.1 Å². The number of hydrogen-bond acceptors (Lipinski definition) is 4. The van der Waals surface area contributed by atoms with Gasteiger partial charge in [-0.1, -0.05) is 19.9 Å². The van der Waals surface area contributed by atoms with Crippen LogP contribution in [0.2, 0.25) is 0 Å². The largest absolute Gasteiger partial charge is 0.419 e. The maximum absolute atomic E-state index is 5.83. The zero-order valence-corrected chi connectivity index (χ0v) is 13.7. The molecule has 0 bridgehead atoms. The Morgan fingerprint density at radius 2 is 2.10 bits per heavy atom. The van der Waals surface area contributed by atoms with Gasteiger partial charge >= 0.3 is 0 Å². The Morgan fingerprint density at radius 1 is 1.30 bits per heavy atom. The van der Waals surface area contributed by atoms with Crippen LogP contribution < -0.4 is 5.32 Å². The molecule has 0 fully saturated rings. The summed E-state index contributed by atoms with van der Waals surface area (Å²) >= 11 is 3.55. The smallest absolute Gasteiger partial charge is 0.248 e. The molecule has 0 radical (unpaired) electrons. The van der Waals surface area contributed by atoms with Crippen LogP contribution in [0.4, 0.5) is 0 Å². The van der Waals surface area contributed by atoms with Crippen LogP contribution in [0.3, 0.4) is 0 Å². The molecule has 1 unspecified atom stereocenters. The molecule has 2 aromatic rings. The molecule has 1 aromatic heterocycles. The third kappa shape index (κ3) is 3.46. The van der Waals surface area contributed by atoms with Crippen LogP contribution in [0.25, 0.3) is 11.5 Å². The summed E-state index contributed by atoms with van der Waals surface area (Å²) in [5, 5.41) is 11.8. The number of hydrogen-bond donors (Lipinski definition) is 1. The van der Waals surface area contributed by atoms with Crippen LogP contribution in [0.1, 0.15) is 44.2 Å². The Morgan fingerprint density at radius 3 is 2.75 bits per heavy atom.